The molecule has 0 fully saturated rings. The Morgan fingerprint density at radius 2 is 1.79 bits per heavy atom. The van der Waals surface area contributed by atoms with Gasteiger partial charge in [0, 0.05) is 17.5 Å². The molecule has 0 spiro atoms. The zero-order valence-corrected chi connectivity index (χ0v) is 14.6. The Bertz CT molecular complexity index is 867. The molecule has 2 aromatic carbocycles. The number of nitrogens with zero attached hydrogens (tertiary/aromatic N) is 1. The molecule has 126 valence electrons. The number of hydrogen-bond acceptors (Lipinski definition) is 5. The lowest BCUT2D eigenvalue weighted by molar-refractivity contribution is 0.171. The van der Waals surface area contributed by atoms with Gasteiger partial charge in [-0.15, -0.1) is 11.8 Å². The standard InChI is InChI=1S/C17H17NO4S2/c19-24(20,13-6-7-15-16(12-13)22-10-9-21-15)18-8-3-11-23-17-5-2-1-4-14(17)18/h1-2,4-7,12H,3,8-11H2. The molecular formula is C17H17NO4S2. The molecule has 2 heterocycles. The van der Waals surface area contributed by atoms with Crippen LogP contribution in [0.15, 0.2) is 52.3 Å². The number of ether oxygens (including phenoxy) is 2. The van der Waals surface area contributed by atoms with Gasteiger partial charge >= 0.3 is 0 Å². The molecule has 0 atom stereocenters. The fourth-order valence-corrected chi connectivity index (χ4v) is 5.45. The van der Waals surface area contributed by atoms with E-state index in [1.807, 2.05) is 24.3 Å². The number of fused-ring (bicyclic) bond motifs is 2. The Balaban J connectivity index is 1.78. The van der Waals surface area contributed by atoms with Gasteiger partial charge in [-0.1, -0.05) is 12.1 Å². The molecule has 0 N–H and O–H groups in total. The van der Waals surface area contributed by atoms with Crippen molar-refractivity contribution in [3.05, 3.63) is 42.5 Å². The van der Waals surface area contributed by atoms with Crippen LogP contribution >= 0.6 is 11.8 Å². The van der Waals surface area contributed by atoms with E-state index < -0.39 is 10.0 Å². The maximum atomic E-state index is 13.2. The summed E-state index contributed by atoms with van der Waals surface area (Å²) in [5.41, 5.74) is 0.745. The van der Waals surface area contributed by atoms with E-state index in [0.717, 1.165) is 22.8 Å². The van der Waals surface area contributed by atoms with E-state index in [2.05, 4.69) is 0 Å². The molecule has 0 amide bonds. The van der Waals surface area contributed by atoms with Crippen molar-refractivity contribution in [1.29, 1.82) is 0 Å². The lowest BCUT2D eigenvalue weighted by atomic mass is 10.3. The third-order valence-electron chi connectivity index (χ3n) is 4.00. The van der Waals surface area contributed by atoms with E-state index in [4.69, 9.17) is 9.47 Å². The van der Waals surface area contributed by atoms with Gasteiger partial charge < -0.3 is 9.47 Å². The van der Waals surface area contributed by atoms with Crippen molar-refractivity contribution in [3.63, 3.8) is 0 Å². The molecule has 0 bridgehead atoms. The first-order valence-corrected chi connectivity index (χ1v) is 10.2. The Morgan fingerprint density at radius 3 is 2.67 bits per heavy atom. The van der Waals surface area contributed by atoms with Gasteiger partial charge in [-0.05, 0) is 36.4 Å². The normalized spacial score (nSPS) is 17.1. The monoisotopic (exact) mass is 363 g/mol. The maximum absolute atomic E-state index is 13.2. The van der Waals surface area contributed by atoms with Gasteiger partial charge in [0.25, 0.3) is 10.0 Å². The third kappa shape index (κ3) is 2.71. The number of thioether (sulfide) groups is 1. The second kappa shape index (κ2) is 6.22. The molecule has 0 aliphatic carbocycles. The van der Waals surface area contributed by atoms with Crippen molar-refractivity contribution in [2.45, 2.75) is 16.2 Å². The van der Waals surface area contributed by atoms with E-state index in [9.17, 15) is 8.42 Å². The number of anilines is 1. The summed E-state index contributed by atoms with van der Waals surface area (Å²) in [6.07, 6.45) is 0.809. The Labute approximate surface area is 145 Å². The van der Waals surface area contributed by atoms with Crippen molar-refractivity contribution >= 4 is 27.5 Å². The van der Waals surface area contributed by atoms with Crippen LogP contribution < -0.4 is 13.8 Å². The quantitative estimate of drug-likeness (QED) is 0.820. The predicted molar refractivity (Wildman–Crippen MR) is 93.7 cm³/mol. The molecule has 5 nitrogen and oxygen atoms in total. The Kier molecular flexibility index (Phi) is 4.05. The SMILES string of the molecule is O=S(=O)(c1ccc2c(c1)OCCO2)N1CCCSc2ccccc21. The minimum absolute atomic E-state index is 0.230. The van der Waals surface area contributed by atoms with Crippen LogP contribution in [0.25, 0.3) is 0 Å². The van der Waals surface area contributed by atoms with Gasteiger partial charge in [0.1, 0.15) is 13.2 Å². The van der Waals surface area contributed by atoms with Crippen molar-refractivity contribution in [3.8, 4) is 11.5 Å². The van der Waals surface area contributed by atoms with Gasteiger partial charge in [0.2, 0.25) is 0 Å². The van der Waals surface area contributed by atoms with Crippen molar-refractivity contribution in [2.24, 2.45) is 0 Å². The van der Waals surface area contributed by atoms with Crippen LogP contribution in [0.1, 0.15) is 6.42 Å². The van der Waals surface area contributed by atoms with E-state index in [0.29, 0.717) is 31.3 Å². The van der Waals surface area contributed by atoms with Crippen molar-refractivity contribution in [1.82, 2.24) is 0 Å². The lowest BCUT2D eigenvalue weighted by Crippen LogP contribution is -2.32. The highest BCUT2D eigenvalue weighted by Gasteiger charge is 2.29. The van der Waals surface area contributed by atoms with Gasteiger partial charge in [0.15, 0.2) is 11.5 Å². The number of hydrogen-bond donors (Lipinski definition) is 0. The lowest BCUT2D eigenvalue weighted by Gasteiger charge is -2.25. The topological polar surface area (TPSA) is 55.8 Å². The number of para-hydroxylation sites is 1. The van der Waals surface area contributed by atoms with Gasteiger partial charge in [-0.2, -0.15) is 0 Å². The van der Waals surface area contributed by atoms with Crippen LogP contribution in [0, 0.1) is 0 Å². The van der Waals surface area contributed by atoms with Crippen LogP contribution in [0.3, 0.4) is 0 Å². The highest BCUT2D eigenvalue weighted by molar-refractivity contribution is 7.99. The summed E-state index contributed by atoms with van der Waals surface area (Å²) in [7, 11) is -3.65. The first-order valence-electron chi connectivity index (χ1n) is 7.80. The molecule has 2 aliphatic heterocycles. The predicted octanol–water partition coefficient (Wildman–Crippen LogP) is 3.15. The largest absolute Gasteiger partial charge is 0.486 e. The fraction of sp³-hybridized carbons (Fsp3) is 0.294. The van der Waals surface area contributed by atoms with Crippen LogP contribution in [0.5, 0.6) is 11.5 Å². The minimum Gasteiger partial charge on any atom is -0.486 e. The summed E-state index contributed by atoms with van der Waals surface area (Å²) in [5.74, 6) is 1.98. The molecule has 2 aromatic rings. The molecule has 24 heavy (non-hydrogen) atoms. The van der Waals surface area contributed by atoms with Gasteiger partial charge in [0.05, 0.1) is 10.6 Å². The average Bonchev–Trinajstić information content (AvgIpc) is 2.84. The van der Waals surface area contributed by atoms with E-state index >= 15 is 0 Å². The third-order valence-corrected chi connectivity index (χ3v) is 6.96. The van der Waals surface area contributed by atoms with Crippen LogP contribution in [-0.2, 0) is 10.0 Å². The average molecular weight is 363 g/mol. The summed E-state index contributed by atoms with van der Waals surface area (Å²) >= 11 is 1.70. The van der Waals surface area contributed by atoms with Gasteiger partial charge in [-0.25, -0.2) is 8.42 Å². The highest BCUT2D eigenvalue weighted by atomic mass is 32.2. The first kappa shape index (κ1) is 15.7. The molecule has 0 unspecified atom stereocenters. The molecule has 4 rings (SSSR count). The molecule has 0 radical (unpaired) electrons. The summed E-state index contributed by atoms with van der Waals surface area (Å²) in [6, 6.07) is 12.5. The second-order valence-electron chi connectivity index (χ2n) is 5.55. The molecular weight excluding hydrogens is 346 g/mol. The van der Waals surface area contributed by atoms with E-state index in [1.165, 1.54) is 4.31 Å². The van der Waals surface area contributed by atoms with Crippen LogP contribution in [0.2, 0.25) is 0 Å². The molecule has 0 saturated heterocycles. The summed E-state index contributed by atoms with van der Waals surface area (Å²) < 4.78 is 38.9. The second-order valence-corrected chi connectivity index (χ2v) is 8.55. The Hall–Kier alpha value is -1.86. The molecule has 0 aromatic heterocycles. The fourth-order valence-electron chi connectivity index (χ4n) is 2.86. The van der Waals surface area contributed by atoms with Crippen LogP contribution in [-0.4, -0.2) is 33.9 Å². The van der Waals surface area contributed by atoms with E-state index in [-0.39, 0.29) is 4.90 Å². The Morgan fingerprint density at radius 1 is 1.00 bits per heavy atom. The summed E-state index contributed by atoms with van der Waals surface area (Å²) in [6.45, 7) is 1.39. The molecule has 0 saturated carbocycles. The zero-order chi connectivity index (χ0) is 16.6. The number of sulfonamides is 1. The number of rotatable bonds is 2. The molecule has 7 heteroatoms. The van der Waals surface area contributed by atoms with Crippen molar-refractivity contribution in [2.75, 3.05) is 29.8 Å². The number of benzene rings is 2. The smallest absolute Gasteiger partial charge is 0.264 e. The maximum Gasteiger partial charge on any atom is 0.264 e. The van der Waals surface area contributed by atoms with Gasteiger partial charge in [-0.3, -0.25) is 4.31 Å². The molecule has 2 aliphatic rings. The minimum atomic E-state index is -3.65. The highest BCUT2D eigenvalue weighted by Crippen LogP contribution is 2.38. The first-order chi connectivity index (χ1) is 11.7. The summed E-state index contributed by atoms with van der Waals surface area (Å²) in [4.78, 5) is 1.23. The van der Waals surface area contributed by atoms with Crippen LogP contribution in [0.4, 0.5) is 5.69 Å². The summed E-state index contributed by atoms with van der Waals surface area (Å²) in [5, 5.41) is 0. The van der Waals surface area contributed by atoms with Crippen molar-refractivity contribution < 1.29 is 17.9 Å². The zero-order valence-electron chi connectivity index (χ0n) is 13.0. The van der Waals surface area contributed by atoms with E-state index in [1.54, 1.807) is 30.0 Å².